The molecule has 0 spiro atoms. The van der Waals surface area contributed by atoms with Crippen molar-refractivity contribution in [3.8, 4) is 0 Å². The number of hydrogen-bond donors (Lipinski definition) is 3. The first-order chi connectivity index (χ1) is 14.2. The first-order valence-corrected chi connectivity index (χ1v) is 10.9. The molecular weight excluding hydrogens is 382 g/mol. The van der Waals surface area contributed by atoms with Gasteiger partial charge in [0.05, 0.1) is 5.92 Å². The Morgan fingerprint density at radius 2 is 1.87 bits per heavy atom. The quantitative estimate of drug-likeness (QED) is 0.637. The van der Waals surface area contributed by atoms with E-state index in [1.165, 1.54) is 0 Å². The number of hydrogen-bond acceptors (Lipinski definition) is 5. The molecule has 1 saturated heterocycles. The van der Waals surface area contributed by atoms with Crippen LogP contribution in [0.2, 0.25) is 0 Å². The molecule has 7 nitrogen and oxygen atoms in total. The molecule has 1 saturated carbocycles. The Morgan fingerprint density at radius 1 is 1.13 bits per heavy atom. The largest absolute Gasteiger partial charge is 0.444 e. The van der Waals surface area contributed by atoms with Crippen LogP contribution in [-0.2, 0) is 14.3 Å². The molecule has 30 heavy (non-hydrogen) atoms. The van der Waals surface area contributed by atoms with Crippen molar-refractivity contribution >= 4 is 23.6 Å². The zero-order valence-electron chi connectivity index (χ0n) is 18.1. The Balaban J connectivity index is 1.46. The van der Waals surface area contributed by atoms with Crippen molar-refractivity contribution in [2.75, 3.05) is 11.9 Å². The van der Waals surface area contributed by atoms with Crippen molar-refractivity contribution in [3.63, 3.8) is 0 Å². The van der Waals surface area contributed by atoms with Crippen molar-refractivity contribution in [2.45, 2.75) is 76.9 Å². The van der Waals surface area contributed by atoms with Crippen LogP contribution < -0.4 is 16.0 Å². The van der Waals surface area contributed by atoms with Gasteiger partial charge < -0.3 is 15.4 Å². The lowest BCUT2D eigenvalue weighted by Crippen LogP contribution is -2.39. The standard InChI is InChI=1S/C23H33N3O4/c1-23(2,3)30-22(29)24-14-15-7-9-17(10-8-15)25-18-6-4-5-16(13-18)19-11-12-20(27)26-21(19)28/h4-6,13,15,17,19,25H,7-12,14H2,1-3H3,(H,24,29)(H,26,27,28). The van der Waals surface area contributed by atoms with Crippen LogP contribution in [0.3, 0.4) is 0 Å². The van der Waals surface area contributed by atoms with E-state index >= 15 is 0 Å². The van der Waals surface area contributed by atoms with E-state index < -0.39 is 5.60 Å². The van der Waals surface area contributed by atoms with Crippen LogP contribution in [-0.4, -0.2) is 36.1 Å². The number of amides is 3. The fourth-order valence-corrected chi connectivity index (χ4v) is 4.15. The van der Waals surface area contributed by atoms with Crippen LogP contribution in [0.25, 0.3) is 0 Å². The minimum atomic E-state index is -0.478. The van der Waals surface area contributed by atoms with Gasteiger partial charge in [0.2, 0.25) is 11.8 Å². The topological polar surface area (TPSA) is 96.5 Å². The maximum Gasteiger partial charge on any atom is 0.407 e. The summed E-state index contributed by atoms with van der Waals surface area (Å²) in [5.41, 5.74) is 1.47. The van der Waals surface area contributed by atoms with Crippen LogP contribution in [0.4, 0.5) is 10.5 Å². The zero-order valence-corrected chi connectivity index (χ0v) is 18.1. The lowest BCUT2D eigenvalue weighted by atomic mass is 9.85. The van der Waals surface area contributed by atoms with E-state index in [1.54, 1.807) is 0 Å². The SMILES string of the molecule is CC(C)(C)OC(=O)NCC1CCC(Nc2cccc(C3CCC(=O)NC3=O)c2)CC1. The van der Waals surface area contributed by atoms with Crippen molar-refractivity contribution in [1.82, 2.24) is 10.6 Å². The van der Waals surface area contributed by atoms with Gasteiger partial charge in [0, 0.05) is 24.7 Å². The third-order valence-electron chi connectivity index (χ3n) is 5.68. The molecule has 1 aromatic rings. The van der Waals surface area contributed by atoms with Gasteiger partial charge in [-0.1, -0.05) is 12.1 Å². The summed E-state index contributed by atoms with van der Waals surface area (Å²) < 4.78 is 5.29. The summed E-state index contributed by atoms with van der Waals surface area (Å²) in [4.78, 5) is 35.3. The number of imide groups is 1. The smallest absolute Gasteiger partial charge is 0.407 e. The number of ether oxygens (including phenoxy) is 1. The van der Waals surface area contributed by atoms with Gasteiger partial charge in [0.25, 0.3) is 0 Å². The first kappa shape index (κ1) is 22.1. The van der Waals surface area contributed by atoms with Crippen molar-refractivity contribution in [2.24, 2.45) is 5.92 Å². The predicted molar refractivity (Wildman–Crippen MR) is 115 cm³/mol. The van der Waals surface area contributed by atoms with E-state index in [-0.39, 0.29) is 23.8 Å². The molecule has 0 radical (unpaired) electrons. The van der Waals surface area contributed by atoms with Crippen LogP contribution in [0, 0.1) is 5.92 Å². The predicted octanol–water partition coefficient (Wildman–Crippen LogP) is 3.70. The highest BCUT2D eigenvalue weighted by Gasteiger charge is 2.28. The summed E-state index contributed by atoms with van der Waals surface area (Å²) in [7, 11) is 0. The summed E-state index contributed by atoms with van der Waals surface area (Å²) in [5.74, 6) is -0.200. The highest BCUT2D eigenvalue weighted by molar-refractivity contribution is 6.01. The molecule has 1 atom stereocenters. The Bertz CT molecular complexity index is 779. The number of alkyl carbamates (subject to hydrolysis) is 1. The number of rotatable bonds is 5. The highest BCUT2D eigenvalue weighted by Crippen LogP contribution is 2.29. The van der Waals surface area contributed by atoms with Crippen LogP contribution in [0.15, 0.2) is 24.3 Å². The summed E-state index contributed by atoms with van der Waals surface area (Å²) in [6, 6.07) is 8.32. The van der Waals surface area contributed by atoms with Gasteiger partial charge in [-0.15, -0.1) is 0 Å². The molecule has 1 aromatic carbocycles. The Hall–Kier alpha value is -2.57. The molecule has 1 aliphatic carbocycles. The molecule has 3 rings (SSSR count). The second kappa shape index (κ2) is 9.49. The summed E-state index contributed by atoms with van der Waals surface area (Å²) >= 11 is 0. The maximum atomic E-state index is 12.1. The molecule has 1 heterocycles. The zero-order chi connectivity index (χ0) is 21.7. The van der Waals surface area contributed by atoms with E-state index in [2.05, 4.69) is 16.0 Å². The number of anilines is 1. The molecule has 1 aliphatic heterocycles. The van der Waals surface area contributed by atoms with Gasteiger partial charge in [-0.25, -0.2) is 4.79 Å². The van der Waals surface area contributed by atoms with E-state index in [0.717, 1.165) is 36.9 Å². The van der Waals surface area contributed by atoms with E-state index in [9.17, 15) is 14.4 Å². The summed E-state index contributed by atoms with van der Waals surface area (Å²) in [5, 5.41) is 8.90. The molecule has 2 aliphatic rings. The fraction of sp³-hybridized carbons (Fsp3) is 0.609. The molecule has 0 aromatic heterocycles. The number of nitrogens with one attached hydrogen (secondary N) is 3. The minimum Gasteiger partial charge on any atom is -0.444 e. The lowest BCUT2D eigenvalue weighted by molar-refractivity contribution is -0.134. The van der Waals surface area contributed by atoms with E-state index in [1.807, 2.05) is 45.0 Å². The monoisotopic (exact) mass is 415 g/mol. The highest BCUT2D eigenvalue weighted by atomic mass is 16.6. The number of benzene rings is 1. The molecule has 3 amide bonds. The number of carbonyl (C=O) groups is 3. The molecule has 2 fully saturated rings. The summed E-state index contributed by atoms with van der Waals surface area (Å²) in [6.45, 7) is 6.22. The Labute approximate surface area is 178 Å². The molecule has 7 heteroatoms. The molecule has 0 bridgehead atoms. The van der Waals surface area contributed by atoms with Gasteiger partial charge in [-0.3, -0.25) is 14.9 Å². The molecule has 3 N–H and O–H groups in total. The average Bonchev–Trinajstić information content (AvgIpc) is 2.66. The third-order valence-corrected chi connectivity index (χ3v) is 5.68. The van der Waals surface area contributed by atoms with E-state index in [0.29, 0.717) is 31.3 Å². The van der Waals surface area contributed by atoms with Gasteiger partial charge in [0.15, 0.2) is 0 Å². The molecule has 164 valence electrons. The first-order valence-electron chi connectivity index (χ1n) is 10.9. The van der Waals surface area contributed by atoms with E-state index in [4.69, 9.17) is 4.74 Å². The molecule has 1 unspecified atom stereocenters. The summed E-state index contributed by atoms with van der Waals surface area (Å²) in [6.07, 6.45) is 4.74. The Kier molecular flexibility index (Phi) is 7.00. The second-order valence-electron chi connectivity index (χ2n) is 9.37. The van der Waals surface area contributed by atoms with Crippen molar-refractivity contribution in [1.29, 1.82) is 0 Å². The minimum absolute atomic E-state index is 0.191. The average molecular weight is 416 g/mol. The van der Waals surface area contributed by atoms with Crippen LogP contribution >= 0.6 is 0 Å². The third kappa shape index (κ3) is 6.47. The molecular formula is C23H33N3O4. The Morgan fingerprint density at radius 3 is 2.53 bits per heavy atom. The van der Waals surface area contributed by atoms with Gasteiger partial charge in [0.1, 0.15) is 5.60 Å². The van der Waals surface area contributed by atoms with Crippen LogP contribution in [0.1, 0.15) is 70.8 Å². The van der Waals surface area contributed by atoms with Gasteiger partial charge in [-0.2, -0.15) is 0 Å². The maximum absolute atomic E-state index is 12.1. The van der Waals surface area contributed by atoms with Crippen LogP contribution in [0.5, 0.6) is 0 Å². The van der Waals surface area contributed by atoms with Crippen molar-refractivity contribution < 1.29 is 19.1 Å². The fourth-order valence-electron chi connectivity index (χ4n) is 4.15. The second-order valence-corrected chi connectivity index (χ2v) is 9.37. The lowest BCUT2D eigenvalue weighted by Gasteiger charge is -2.30. The normalized spacial score (nSPS) is 24.7. The van der Waals surface area contributed by atoms with Gasteiger partial charge in [-0.05, 0) is 76.5 Å². The number of piperidine rings is 1. The van der Waals surface area contributed by atoms with Gasteiger partial charge >= 0.3 is 6.09 Å². The number of carbonyl (C=O) groups excluding carboxylic acids is 3. The van der Waals surface area contributed by atoms with Crippen molar-refractivity contribution in [3.05, 3.63) is 29.8 Å².